The lowest BCUT2D eigenvalue weighted by Crippen LogP contribution is -2.20. The number of hydrogen-bond acceptors (Lipinski definition) is 2. The SMILES string of the molecule is CCCNc1nccn1C(C)C1CCCCC1. The largest absolute Gasteiger partial charge is 0.356 e. The third-order valence-corrected chi connectivity index (χ3v) is 3.97. The van der Waals surface area contributed by atoms with Crippen molar-refractivity contribution < 1.29 is 0 Å². The molecule has 2 rings (SSSR count). The summed E-state index contributed by atoms with van der Waals surface area (Å²) in [5.41, 5.74) is 0. The second-order valence-electron chi connectivity index (χ2n) is 5.22. The smallest absolute Gasteiger partial charge is 0.203 e. The highest BCUT2D eigenvalue weighted by atomic mass is 15.2. The van der Waals surface area contributed by atoms with Crippen molar-refractivity contribution in [1.82, 2.24) is 9.55 Å². The standard InChI is InChI=1S/C14H25N3/c1-3-9-15-14-16-10-11-17(14)12(2)13-7-5-4-6-8-13/h10-13H,3-9H2,1-2H3,(H,15,16). The first-order valence-electron chi connectivity index (χ1n) is 7.09. The van der Waals surface area contributed by atoms with Gasteiger partial charge in [0.1, 0.15) is 0 Å². The number of nitrogens with zero attached hydrogens (tertiary/aromatic N) is 2. The van der Waals surface area contributed by atoms with E-state index < -0.39 is 0 Å². The molecule has 3 nitrogen and oxygen atoms in total. The molecular weight excluding hydrogens is 210 g/mol. The monoisotopic (exact) mass is 235 g/mol. The second-order valence-corrected chi connectivity index (χ2v) is 5.22. The first-order valence-corrected chi connectivity index (χ1v) is 7.09. The molecule has 1 N–H and O–H groups in total. The van der Waals surface area contributed by atoms with E-state index in [1.165, 1.54) is 32.1 Å². The Balaban J connectivity index is 2.01. The molecule has 1 atom stereocenters. The molecule has 1 unspecified atom stereocenters. The molecule has 1 aliphatic rings. The molecule has 1 heterocycles. The number of anilines is 1. The second kappa shape index (κ2) is 6.08. The molecule has 1 saturated carbocycles. The molecule has 1 aliphatic carbocycles. The van der Waals surface area contributed by atoms with Crippen LogP contribution >= 0.6 is 0 Å². The molecule has 0 aromatic carbocycles. The van der Waals surface area contributed by atoms with E-state index in [1.807, 2.05) is 6.20 Å². The lowest BCUT2D eigenvalue weighted by atomic mass is 9.84. The molecule has 0 saturated heterocycles. The molecule has 0 bridgehead atoms. The number of imidazole rings is 1. The van der Waals surface area contributed by atoms with E-state index in [-0.39, 0.29) is 0 Å². The van der Waals surface area contributed by atoms with Crippen LogP contribution in [0.4, 0.5) is 5.95 Å². The number of nitrogens with one attached hydrogen (secondary N) is 1. The molecule has 17 heavy (non-hydrogen) atoms. The predicted molar refractivity (Wildman–Crippen MR) is 72.3 cm³/mol. The summed E-state index contributed by atoms with van der Waals surface area (Å²) >= 11 is 0. The van der Waals surface area contributed by atoms with Gasteiger partial charge in [0.15, 0.2) is 0 Å². The summed E-state index contributed by atoms with van der Waals surface area (Å²) in [4.78, 5) is 4.42. The van der Waals surface area contributed by atoms with Crippen LogP contribution in [-0.4, -0.2) is 16.1 Å². The fraction of sp³-hybridized carbons (Fsp3) is 0.786. The van der Waals surface area contributed by atoms with E-state index in [0.29, 0.717) is 6.04 Å². The Bertz CT molecular complexity index is 326. The van der Waals surface area contributed by atoms with Crippen molar-refractivity contribution in [2.24, 2.45) is 5.92 Å². The van der Waals surface area contributed by atoms with Crippen molar-refractivity contribution in [3.8, 4) is 0 Å². The first kappa shape index (κ1) is 12.5. The Hall–Kier alpha value is -0.990. The zero-order valence-electron chi connectivity index (χ0n) is 11.2. The van der Waals surface area contributed by atoms with Crippen molar-refractivity contribution in [2.45, 2.75) is 58.4 Å². The maximum atomic E-state index is 4.42. The molecule has 0 radical (unpaired) electrons. The summed E-state index contributed by atoms with van der Waals surface area (Å²) in [5.74, 6) is 1.88. The van der Waals surface area contributed by atoms with Crippen LogP contribution in [0.3, 0.4) is 0 Å². The molecule has 1 aromatic rings. The third-order valence-electron chi connectivity index (χ3n) is 3.97. The zero-order chi connectivity index (χ0) is 12.1. The summed E-state index contributed by atoms with van der Waals surface area (Å²) < 4.78 is 2.33. The lowest BCUT2D eigenvalue weighted by molar-refractivity contribution is 0.265. The summed E-state index contributed by atoms with van der Waals surface area (Å²) in [6, 6.07) is 0.581. The Morgan fingerprint density at radius 3 is 2.88 bits per heavy atom. The fourth-order valence-corrected chi connectivity index (χ4v) is 2.86. The highest BCUT2D eigenvalue weighted by Gasteiger charge is 2.22. The van der Waals surface area contributed by atoms with Gasteiger partial charge in [-0.15, -0.1) is 0 Å². The minimum absolute atomic E-state index is 0.581. The van der Waals surface area contributed by atoms with E-state index >= 15 is 0 Å². The highest BCUT2D eigenvalue weighted by Crippen LogP contribution is 2.33. The Morgan fingerprint density at radius 1 is 1.41 bits per heavy atom. The Morgan fingerprint density at radius 2 is 2.18 bits per heavy atom. The highest BCUT2D eigenvalue weighted by molar-refractivity contribution is 5.26. The average Bonchev–Trinajstić information content (AvgIpc) is 2.84. The summed E-state index contributed by atoms with van der Waals surface area (Å²) in [6.07, 6.45) is 12.2. The minimum Gasteiger partial charge on any atom is -0.356 e. The van der Waals surface area contributed by atoms with Gasteiger partial charge in [-0.1, -0.05) is 26.2 Å². The number of hydrogen-bond donors (Lipinski definition) is 1. The van der Waals surface area contributed by atoms with E-state index in [0.717, 1.165) is 24.8 Å². The molecule has 0 aliphatic heterocycles. The lowest BCUT2D eigenvalue weighted by Gasteiger charge is -2.29. The zero-order valence-corrected chi connectivity index (χ0v) is 11.2. The molecule has 1 fully saturated rings. The van der Waals surface area contributed by atoms with Crippen molar-refractivity contribution in [3.05, 3.63) is 12.4 Å². The maximum Gasteiger partial charge on any atom is 0.203 e. The van der Waals surface area contributed by atoms with Gasteiger partial charge in [0, 0.05) is 25.0 Å². The molecule has 3 heteroatoms. The molecule has 96 valence electrons. The predicted octanol–water partition coefficient (Wildman–Crippen LogP) is 3.85. The first-order chi connectivity index (χ1) is 8.33. The van der Waals surface area contributed by atoms with Crippen molar-refractivity contribution in [2.75, 3.05) is 11.9 Å². The van der Waals surface area contributed by atoms with Crippen LogP contribution in [0.1, 0.15) is 58.4 Å². The summed E-state index contributed by atoms with van der Waals surface area (Å²) in [5, 5.41) is 3.41. The van der Waals surface area contributed by atoms with Gasteiger partial charge in [-0.2, -0.15) is 0 Å². The van der Waals surface area contributed by atoms with Crippen LogP contribution < -0.4 is 5.32 Å². The van der Waals surface area contributed by atoms with E-state index in [9.17, 15) is 0 Å². The topological polar surface area (TPSA) is 29.9 Å². The molecule has 1 aromatic heterocycles. The van der Waals surface area contributed by atoms with Gasteiger partial charge in [0.05, 0.1) is 0 Å². The van der Waals surface area contributed by atoms with Gasteiger partial charge in [0.2, 0.25) is 5.95 Å². The molecular formula is C14H25N3. The van der Waals surface area contributed by atoms with Crippen molar-refractivity contribution >= 4 is 5.95 Å². The van der Waals surface area contributed by atoms with Gasteiger partial charge in [0.25, 0.3) is 0 Å². The summed E-state index contributed by atoms with van der Waals surface area (Å²) in [7, 11) is 0. The Kier molecular flexibility index (Phi) is 4.46. The fourth-order valence-electron chi connectivity index (χ4n) is 2.86. The maximum absolute atomic E-state index is 4.42. The number of aromatic nitrogens is 2. The van der Waals surface area contributed by atoms with Crippen LogP contribution in [0.5, 0.6) is 0 Å². The Labute approximate surface area is 105 Å². The van der Waals surface area contributed by atoms with Crippen LogP contribution in [0.15, 0.2) is 12.4 Å². The molecule has 0 amide bonds. The van der Waals surface area contributed by atoms with Gasteiger partial charge >= 0.3 is 0 Å². The van der Waals surface area contributed by atoms with Gasteiger partial charge in [-0.05, 0) is 32.1 Å². The van der Waals surface area contributed by atoms with Crippen LogP contribution in [0.25, 0.3) is 0 Å². The van der Waals surface area contributed by atoms with Crippen LogP contribution in [-0.2, 0) is 0 Å². The van der Waals surface area contributed by atoms with Crippen LogP contribution in [0.2, 0.25) is 0 Å². The van der Waals surface area contributed by atoms with Crippen LogP contribution in [0, 0.1) is 5.92 Å². The van der Waals surface area contributed by atoms with Gasteiger partial charge in [-0.3, -0.25) is 0 Å². The minimum atomic E-state index is 0.581. The van der Waals surface area contributed by atoms with Crippen molar-refractivity contribution in [1.29, 1.82) is 0 Å². The van der Waals surface area contributed by atoms with Gasteiger partial charge < -0.3 is 9.88 Å². The number of rotatable bonds is 5. The quantitative estimate of drug-likeness (QED) is 0.840. The summed E-state index contributed by atoms with van der Waals surface area (Å²) in [6.45, 7) is 5.54. The normalized spacial score (nSPS) is 19.2. The average molecular weight is 235 g/mol. The molecule has 0 spiro atoms. The van der Waals surface area contributed by atoms with E-state index in [2.05, 4.69) is 34.9 Å². The third kappa shape index (κ3) is 3.02. The van der Waals surface area contributed by atoms with E-state index in [4.69, 9.17) is 0 Å². The van der Waals surface area contributed by atoms with E-state index in [1.54, 1.807) is 0 Å². The van der Waals surface area contributed by atoms with Crippen molar-refractivity contribution in [3.63, 3.8) is 0 Å². The van der Waals surface area contributed by atoms with Gasteiger partial charge in [-0.25, -0.2) is 4.98 Å².